The van der Waals surface area contributed by atoms with Crippen molar-refractivity contribution in [1.29, 1.82) is 0 Å². The Balaban J connectivity index is 1.95. The topological polar surface area (TPSA) is 32.3 Å². The molecule has 0 radical (unpaired) electrons. The third kappa shape index (κ3) is 3.80. The normalized spacial score (nSPS) is 18.5. The molecule has 1 unspecified atom stereocenters. The molecular weight excluding hydrogens is 236 g/mol. The van der Waals surface area contributed by atoms with E-state index in [9.17, 15) is 4.79 Å². The second kappa shape index (κ2) is 6.71. The number of benzene rings is 1. The van der Waals surface area contributed by atoms with E-state index in [2.05, 4.69) is 31.3 Å². The number of carbonyl (C=O) groups excluding carboxylic acids is 1. The molecule has 2 rings (SSSR count). The minimum Gasteiger partial charge on any atom is -0.339 e. The Bertz CT molecular complexity index is 425. The number of rotatable bonds is 5. The Morgan fingerprint density at radius 1 is 1.42 bits per heavy atom. The largest absolute Gasteiger partial charge is 0.339 e. The molecule has 0 aliphatic carbocycles. The van der Waals surface area contributed by atoms with Crippen molar-refractivity contribution < 1.29 is 4.79 Å². The molecule has 1 saturated heterocycles. The first kappa shape index (κ1) is 14.1. The van der Waals surface area contributed by atoms with Gasteiger partial charge in [-0.1, -0.05) is 24.3 Å². The maximum Gasteiger partial charge on any atom is 0.223 e. The van der Waals surface area contributed by atoms with Crippen LogP contribution in [0.5, 0.6) is 0 Å². The van der Waals surface area contributed by atoms with Crippen molar-refractivity contribution in [2.75, 3.05) is 19.6 Å². The van der Waals surface area contributed by atoms with Crippen LogP contribution in [0.4, 0.5) is 0 Å². The summed E-state index contributed by atoms with van der Waals surface area (Å²) in [7, 11) is 0. The molecule has 1 aromatic carbocycles. The molecule has 1 amide bonds. The summed E-state index contributed by atoms with van der Waals surface area (Å²) in [6.45, 7) is 7.74. The van der Waals surface area contributed by atoms with E-state index < -0.39 is 0 Å². The fraction of sp³-hybridized carbons (Fsp3) is 0.562. The number of hydrogen-bond acceptors (Lipinski definition) is 2. The van der Waals surface area contributed by atoms with E-state index in [0.29, 0.717) is 18.2 Å². The van der Waals surface area contributed by atoms with Gasteiger partial charge in [-0.05, 0) is 50.4 Å². The van der Waals surface area contributed by atoms with Gasteiger partial charge in [0.25, 0.3) is 0 Å². The minimum absolute atomic E-state index is 0.291. The van der Waals surface area contributed by atoms with Gasteiger partial charge in [0.1, 0.15) is 0 Å². The van der Waals surface area contributed by atoms with Crippen molar-refractivity contribution in [2.24, 2.45) is 5.92 Å². The molecule has 1 atom stereocenters. The second-order valence-corrected chi connectivity index (χ2v) is 5.40. The van der Waals surface area contributed by atoms with Gasteiger partial charge in [-0.15, -0.1) is 0 Å². The number of amides is 1. The molecule has 1 N–H and O–H groups in total. The van der Waals surface area contributed by atoms with Gasteiger partial charge in [-0.25, -0.2) is 0 Å². The molecule has 0 aromatic heterocycles. The monoisotopic (exact) mass is 260 g/mol. The van der Waals surface area contributed by atoms with Crippen LogP contribution >= 0.6 is 0 Å². The van der Waals surface area contributed by atoms with Crippen molar-refractivity contribution in [3.05, 3.63) is 35.4 Å². The van der Waals surface area contributed by atoms with E-state index in [-0.39, 0.29) is 0 Å². The number of nitrogens with zero attached hydrogens (tertiary/aromatic N) is 1. The summed E-state index contributed by atoms with van der Waals surface area (Å²) in [4.78, 5) is 14.3. The molecule has 0 spiro atoms. The zero-order chi connectivity index (χ0) is 13.7. The number of nitrogens with one attached hydrogen (secondary N) is 1. The van der Waals surface area contributed by atoms with Gasteiger partial charge in [0.05, 0.1) is 0 Å². The quantitative estimate of drug-likeness (QED) is 0.881. The minimum atomic E-state index is 0.291. The molecule has 0 saturated carbocycles. The van der Waals surface area contributed by atoms with Gasteiger partial charge < -0.3 is 10.2 Å². The van der Waals surface area contributed by atoms with Gasteiger partial charge in [-0.2, -0.15) is 0 Å². The lowest BCUT2D eigenvalue weighted by molar-refractivity contribution is -0.132. The highest BCUT2D eigenvalue weighted by Gasteiger charge is 2.21. The van der Waals surface area contributed by atoms with Crippen molar-refractivity contribution in [3.8, 4) is 0 Å². The summed E-state index contributed by atoms with van der Waals surface area (Å²) in [6.07, 6.45) is 1.82. The molecular formula is C16H24N2O. The molecule has 1 aliphatic rings. The third-order valence-electron chi connectivity index (χ3n) is 3.98. The summed E-state index contributed by atoms with van der Waals surface area (Å²) in [5.74, 6) is 0.817. The maximum atomic E-state index is 12.3. The zero-order valence-corrected chi connectivity index (χ0v) is 12.0. The lowest BCUT2D eigenvalue weighted by Crippen LogP contribution is -2.32. The summed E-state index contributed by atoms with van der Waals surface area (Å²) >= 11 is 0. The van der Waals surface area contributed by atoms with E-state index in [1.165, 1.54) is 11.1 Å². The molecule has 1 fully saturated rings. The number of carbonyl (C=O) groups is 1. The molecule has 1 aromatic rings. The van der Waals surface area contributed by atoms with Gasteiger partial charge in [0.15, 0.2) is 0 Å². The van der Waals surface area contributed by atoms with Crippen LogP contribution in [0.15, 0.2) is 24.3 Å². The highest BCUT2D eigenvalue weighted by Crippen LogP contribution is 2.16. The van der Waals surface area contributed by atoms with E-state index in [1.54, 1.807) is 0 Å². The summed E-state index contributed by atoms with van der Waals surface area (Å²) in [5.41, 5.74) is 2.51. The third-order valence-corrected chi connectivity index (χ3v) is 3.98. The Kier molecular flexibility index (Phi) is 4.97. The molecule has 3 heteroatoms. The predicted octanol–water partition coefficient (Wildman–Crippen LogP) is 2.34. The van der Waals surface area contributed by atoms with Crippen LogP contribution in [-0.4, -0.2) is 30.4 Å². The Hall–Kier alpha value is -1.35. The van der Waals surface area contributed by atoms with Crippen LogP contribution < -0.4 is 5.32 Å². The van der Waals surface area contributed by atoms with Crippen molar-refractivity contribution in [2.45, 2.75) is 33.2 Å². The highest BCUT2D eigenvalue weighted by molar-refractivity contribution is 5.76. The van der Waals surface area contributed by atoms with Crippen molar-refractivity contribution >= 4 is 5.91 Å². The molecule has 3 nitrogen and oxygen atoms in total. The first-order valence-electron chi connectivity index (χ1n) is 7.23. The average Bonchev–Trinajstić information content (AvgIpc) is 2.90. The van der Waals surface area contributed by atoms with Crippen LogP contribution in [0, 0.1) is 12.8 Å². The molecule has 0 bridgehead atoms. The lowest BCUT2D eigenvalue weighted by atomic mass is 10.0. The molecule has 1 aliphatic heterocycles. The lowest BCUT2D eigenvalue weighted by Gasteiger charge is -2.23. The van der Waals surface area contributed by atoms with Crippen LogP contribution in [0.3, 0.4) is 0 Å². The summed E-state index contributed by atoms with van der Waals surface area (Å²) in [6, 6.07) is 8.31. The van der Waals surface area contributed by atoms with Crippen LogP contribution in [0.2, 0.25) is 0 Å². The zero-order valence-electron chi connectivity index (χ0n) is 12.0. The van der Waals surface area contributed by atoms with Crippen molar-refractivity contribution in [3.63, 3.8) is 0 Å². The average molecular weight is 260 g/mol. The molecule has 104 valence electrons. The van der Waals surface area contributed by atoms with Crippen LogP contribution in [0.25, 0.3) is 0 Å². The second-order valence-electron chi connectivity index (χ2n) is 5.40. The van der Waals surface area contributed by atoms with E-state index in [0.717, 1.165) is 32.6 Å². The Morgan fingerprint density at radius 3 is 2.84 bits per heavy atom. The van der Waals surface area contributed by atoms with Gasteiger partial charge in [0, 0.05) is 19.5 Å². The predicted molar refractivity (Wildman–Crippen MR) is 77.9 cm³/mol. The van der Waals surface area contributed by atoms with Crippen LogP contribution in [0.1, 0.15) is 30.9 Å². The first-order chi connectivity index (χ1) is 9.20. The van der Waals surface area contributed by atoms with Crippen molar-refractivity contribution in [1.82, 2.24) is 10.2 Å². The number of aryl methyl sites for hydroxylation is 1. The Labute approximate surface area is 116 Å². The fourth-order valence-electron chi connectivity index (χ4n) is 2.63. The smallest absolute Gasteiger partial charge is 0.223 e. The number of hydrogen-bond donors (Lipinski definition) is 1. The highest BCUT2D eigenvalue weighted by atomic mass is 16.2. The standard InChI is InChI=1S/C16H24N2O/c1-3-18(12-15-7-5-4-6-13(15)2)16(19)10-14-8-9-17-11-14/h4-7,14,17H,3,8-12H2,1-2H3. The molecule has 1 heterocycles. The Morgan fingerprint density at radius 2 is 2.21 bits per heavy atom. The van der Waals surface area contributed by atoms with E-state index in [1.807, 2.05) is 17.0 Å². The SMILES string of the molecule is CCN(Cc1ccccc1C)C(=O)CC1CCNC1. The summed E-state index contributed by atoms with van der Waals surface area (Å²) < 4.78 is 0. The van der Waals surface area contributed by atoms with Gasteiger partial charge in [0.2, 0.25) is 5.91 Å². The first-order valence-corrected chi connectivity index (χ1v) is 7.23. The molecule has 19 heavy (non-hydrogen) atoms. The van der Waals surface area contributed by atoms with Gasteiger partial charge in [-0.3, -0.25) is 4.79 Å². The van der Waals surface area contributed by atoms with E-state index in [4.69, 9.17) is 0 Å². The van der Waals surface area contributed by atoms with Gasteiger partial charge >= 0.3 is 0 Å². The fourth-order valence-corrected chi connectivity index (χ4v) is 2.63. The van der Waals surface area contributed by atoms with Crippen LogP contribution in [-0.2, 0) is 11.3 Å². The summed E-state index contributed by atoms with van der Waals surface area (Å²) in [5, 5.41) is 3.32. The van der Waals surface area contributed by atoms with E-state index >= 15 is 0 Å². The maximum absolute atomic E-state index is 12.3.